The van der Waals surface area contributed by atoms with Crippen LogP contribution in [0, 0.1) is 5.92 Å². The molecule has 1 N–H and O–H groups in total. The molecule has 0 spiro atoms. The molecular formula is C14H32N2. The lowest BCUT2D eigenvalue weighted by Gasteiger charge is -2.35. The lowest BCUT2D eigenvalue weighted by molar-refractivity contribution is 0.162. The molecule has 0 aliphatic carbocycles. The van der Waals surface area contributed by atoms with Crippen molar-refractivity contribution in [3.63, 3.8) is 0 Å². The van der Waals surface area contributed by atoms with Gasteiger partial charge in [-0.1, -0.05) is 40.5 Å². The molecule has 0 rings (SSSR count). The normalized spacial score (nSPS) is 17.4. The molecule has 0 bridgehead atoms. The standard InChI is InChI=1S/C14H32N2/c1-7-10-13(15-5)14(9-3)16(6)11-12(4)8-2/h12-15H,7-11H2,1-6H3. The highest BCUT2D eigenvalue weighted by atomic mass is 15.2. The van der Waals surface area contributed by atoms with Gasteiger partial charge >= 0.3 is 0 Å². The lowest BCUT2D eigenvalue weighted by Crippen LogP contribution is -2.48. The summed E-state index contributed by atoms with van der Waals surface area (Å²) in [6.45, 7) is 10.4. The number of rotatable bonds is 9. The second kappa shape index (κ2) is 9.00. The number of hydrogen-bond acceptors (Lipinski definition) is 2. The summed E-state index contributed by atoms with van der Waals surface area (Å²) in [6, 6.07) is 1.32. The second-order valence-corrected chi connectivity index (χ2v) is 5.11. The van der Waals surface area contributed by atoms with Crippen molar-refractivity contribution in [1.29, 1.82) is 0 Å². The van der Waals surface area contributed by atoms with Crippen molar-refractivity contribution in [2.75, 3.05) is 20.6 Å². The van der Waals surface area contributed by atoms with Gasteiger partial charge in [-0.25, -0.2) is 0 Å². The van der Waals surface area contributed by atoms with Gasteiger partial charge < -0.3 is 10.2 Å². The van der Waals surface area contributed by atoms with Crippen LogP contribution in [0.15, 0.2) is 0 Å². The molecule has 0 aromatic heterocycles. The van der Waals surface area contributed by atoms with Gasteiger partial charge in [0.05, 0.1) is 0 Å². The first-order valence-electron chi connectivity index (χ1n) is 6.98. The fourth-order valence-corrected chi connectivity index (χ4v) is 2.50. The van der Waals surface area contributed by atoms with Gasteiger partial charge in [-0.05, 0) is 32.9 Å². The van der Waals surface area contributed by atoms with Crippen LogP contribution in [0.3, 0.4) is 0 Å². The molecule has 0 saturated carbocycles. The molecule has 0 fully saturated rings. The molecular weight excluding hydrogens is 196 g/mol. The van der Waals surface area contributed by atoms with E-state index < -0.39 is 0 Å². The highest BCUT2D eigenvalue weighted by Crippen LogP contribution is 2.14. The third kappa shape index (κ3) is 5.31. The van der Waals surface area contributed by atoms with Crippen LogP contribution in [-0.4, -0.2) is 37.6 Å². The van der Waals surface area contributed by atoms with E-state index in [1.165, 1.54) is 32.2 Å². The molecule has 0 aliphatic heterocycles. The van der Waals surface area contributed by atoms with E-state index in [1.54, 1.807) is 0 Å². The predicted octanol–water partition coefficient (Wildman–Crippen LogP) is 3.13. The third-order valence-electron chi connectivity index (χ3n) is 3.72. The van der Waals surface area contributed by atoms with Crippen LogP contribution in [-0.2, 0) is 0 Å². The molecule has 0 heterocycles. The Labute approximate surface area is 103 Å². The molecule has 3 atom stereocenters. The average Bonchev–Trinajstić information content (AvgIpc) is 2.28. The molecule has 0 aromatic rings. The van der Waals surface area contributed by atoms with Crippen LogP contribution in [0.25, 0.3) is 0 Å². The second-order valence-electron chi connectivity index (χ2n) is 5.11. The SMILES string of the molecule is CCCC(NC)C(CC)N(C)CC(C)CC. The maximum Gasteiger partial charge on any atom is 0.0243 e. The quantitative estimate of drug-likeness (QED) is 0.652. The summed E-state index contributed by atoms with van der Waals surface area (Å²) >= 11 is 0. The Morgan fingerprint density at radius 1 is 1.12 bits per heavy atom. The zero-order valence-electron chi connectivity index (χ0n) is 12.2. The van der Waals surface area contributed by atoms with Gasteiger partial charge in [-0.15, -0.1) is 0 Å². The molecule has 16 heavy (non-hydrogen) atoms. The molecule has 98 valence electrons. The minimum absolute atomic E-state index is 0.643. The smallest absolute Gasteiger partial charge is 0.0243 e. The summed E-state index contributed by atoms with van der Waals surface area (Å²) in [4.78, 5) is 2.55. The van der Waals surface area contributed by atoms with Crippen molar-refractivity contribution < 1.29 is 0 Å². The Kier molecular flexibility index (Phi) is 8.96. The Bertz CT molecular complexity index is 159. The highest BCUT2D eigenvalue weighted by Gasteiger charge is 2.22. The monoisotopic (exact) mass is 228 g/mol. The van der Waals surface area contributed by atoms with Crippen molar-refractivity contribution in [3.05, 3.63) is 0 Å². The molecule has 0 amide bonds. The summed E-state index contributed by atoms with van der Waals surface area (Å²) < 4.78 is 0. The fourth-order valence-electron chi connectivity index (χ4n) is 2.50. The van der Waals surface area contributed by atoms with E-state index in [1.807, 2.05) is 0 Å². The third-order valence-corrected chi connectivity index (χ3v) is 3.72. The van der Waals surface area contributed by atoms with Crippen molar-refractivity contribution in [3.8, 4) is 0 Å². The van der Waals surface area contributed by atoms with Gasteiger partial charge in [0.15, 0.2) is 0 Å². The van der Waals surface area contributed by atoms with Crippen LogP contribution < -0.4 is 5.32 Å². The maximum absolute atomic E-state index is 3.48. The summed E-state index contributed by atoms with van der Waals surface area (Å²) in [7, 11) is 4.38. The van der Waals surface area contributed by atoms with E-state index in [0.29, 0.717) is 12.1 Å². The van der Waals surface area contributed by atoms with Crippen molar-refractivity contribution >= 4 is 0 Å². The fraction of sp³-hybridized carbons (Fsp3) is 1.00. The number of likely N-dealkylation sites (N-methyl/N-ethyl adjacent to an activating group) is 2. The minimum atomic E-state index is 0.643. The topological polar surface area (TPSA) is 15.3 Å². The van der Waals surface area contributed by atoms with E-state index in [4.69, 9.17) is 0 Å². The first-order valence-corrected chi connectivity index (χ1v) is 6.98. The molecule has 2 nitrogen and oxygen atoms in total. The minimum Gasteiger partial charge on any atom is -0.315 e. The van der Waals surface area contributed by atoms with E-state index in [-0.39, 0.29) is 0 Å². The molecule has 3 unspecified atom stereocenters. The van der Waals surface area contributed by atoms with Gasteiger partial charge in [0.25, 0.3) is 0 Å². The average molecular weight is 228 g/mol. The Morgan fingerprint density at radius 3 is 2.12 bits per heavy atom. The lowest BCUT2D eigenvalue weighted by atomic mass is 9.98. The van der Waals surface area contributed by atoms with Crippen molar-refractivity contribution in [2.45, 2.75) is 65.5 Å². The van der Waals surface area contributed by atoms with Crippen molar-refractivity contribution in [2.24, 2.45) is 5.92 Å². The van der Waals surface area contributed by atoms with Gasteiger partial charge in [0.2, 0.25) is 0 Å². The summed E-state index contributed by atoms with van der Waals surface area (Å²) in [6.07, 6.45) is 5.05. The van der Waals surface area contributed by atoms with Crippen LogP contribution in [0.2, 0.25) is 0 Å². The van der Waals surface area contributed by atoms with Crippen LogP contribution in [0.1, 0.15) is 53.4 Å². The summed E-state index contributed by atoms with van der Waals surface area (Å²) in [5.41, 5.74) is 0. The first kappa shape index (κ1) is 15.9. The summed E-state index contributed by atoms with van der Waals surface area (Å²) in [5, 5.41) is 3.48. The highest BCUT2D eigenvalue weighted by molar-refractivity contribution is 4.81. The Hall–Kier alpha value is -0.0800. The predicted molar refractivity (Wildman–Crippen MR) is 73.9 cm³/mol. The van der Waals surface area contributed by atoms with E-state index >= 15 is 0 Å². The van der Waals surface area contributed by atoms with Crippen LogP contribution in [0.5, 0.6) is 0 Å². The molecule has 0 aromatic carbocycles. The summed E-state index contributed by atoms with van der Waals surface area (Å²) in [5.74, 6) is 0.804. The molecule has 0 radical (unpaired) electrons. The van der Waals surface area contributed by atoms with Crippen LogP contribution >= 0.6 is 0 Å². The van der Waals surface area contributed by atoms with Crippen LogP contribution in [0.4, 0.5) is 0 Å². The maximum atomic E-state index is 3.48. The first-order chi connectivity index (χ1) is 7.60. The van der Waals surface area contributed by atoms with E-state index in [9.17, 15) is 0 Å². The molecule has 0 aliphatic rings. The van der Waals surface area contributed by atoms with Gasteiger partial charge in [0, 0.05) is 18.6 Å². The Morgan fingerprint density at radius 2 is 1.75 bits per heavy atom. The molecule has 0 saturated heterocycles. The number of nitrogens with one attached hydrogen (secondary N) is 1. The van der Waals surface area contributed by atoms with E-state index in [2.05, 4.69) is 52.0 Å². The van der Waals surface area contributed by atoms with Gasteiger partial charge in [-0.2, -0.15) is 0 Å². The Balaban J connectivity index is 4.32. The van der Waals surface area contributed by atoms with Crippen molar-refractivity contribution in [1.82, 2.24) is 10.2 Å². The van der Waals surface area contributed by atoms with Gasteiger partial charge in [0.1, 0.15) is 0 Å². The molecule has 2 heteroatoms. The van der Waals surface area contributed by atoms with Gasteiger partial charge in [-0.3, -0.25) is 0 Å². The zero-order valence-corrected chi connectivity index (χ0v) is 12.2. The van der Waals surface area contributed by atoms with E-state index in [0.717, 1.165) is 5.92 Å². The largest absolute Gasteiger partial charge is 0.315 e. The number of hydrogen-bond donors (Lipinski definition) is 1. The zero-order chi connectivity index (χ0) is 12.6. The number of nitrogens with zero attached hydrogens (tertiary/aromatic N) is 1.